The van der Waals surface area contributed by atoms with E-state index in [0.29, 0.717) is 0 Å². The van der Waals surface area contributed by atoms with Gasteiger partial charge in [0.25, 0.3) is 0 Å². The van der Waals surface area contributed by atoms with Crippen LogP contribution in [0.5, 0.6) is 0 Å². The van der Waals surface area contributed by atoms with E-state index < -0.39 is 0 Å². The Bertz CT molecular complexity index is 731. The summed E-state index contributed by atoms with van der Waals surface area (Å²) in [5, 5.41) is 0. The standard InChI is InChI=1S/C21H29N5/c1-17-7-10-25(11-8-17)20-6-9-22-21(23-20)26-14-12-24(13-15-26)19-5-3-4-18(2)16-19/h3-6,9,16-17H,7-8,10-15H2,1-2H3. The lowest BCUT2D eigenvalue weighted by Gasteiger charge is -2.37. The van der Waals surface area contributed by atoms with Gasteiger partial charge in [0.05, 0.1) is 0 Å². The predicted octanol–water partition coefficient (Wildman–Crippen LogP) is 3.35. The number of hydrogen-bond donors (Lipinski definition) is 0. The van der Waals surface area contributed by atoms with Gasteiger partial charge in [0.1, 0.15) is 5.82 Å². The van der Waals surface area contributed by atoms with E-state index in [1.165, 1.54) is 24.1 Å². The van der Waals surface area contributed by atoms with Gasteiger partial charge in [0, 0.05) is 51.2 Å². The van der Waals surface area contributed by atoms with Crippen molar-refractivity contribution >= 4 is 17.5 Å². The second kappa shape index (κ2) is 7.52. The van der Waals surface area contributed by atoms with E-state index in [4.69, 9.17) is 4.98 Å². The van der Waals surface area contributed by atoms with Crippen molar-refractivity contribution in [2.75, 3.05) is 54.0 Å². The molecular weight excluding hydrogens is 322 g/mol. The van der Waals surface area contributed by atoms with Gasteiger partial charge in [0.2, 0.25) is 5.95 Å². The molecule has 0 N–H and O–H groups in total. The van der Waals surface area contributed by atoms with E-state index in [1.807, 2.05) is 6.20 Å². The van der Waals surface area contributed by atoms with Crippen molar-refractivity contribution in [3.05, 3.63) is 42.1 Å². The number of piperidine rings is 1. The Labute approximate surface area is 156 Å². The van der Waals surface area contributed by atoms with Crippen LogP contribution in [0, 0.1) is 12.8 Å². The van der Waals surface area contributed by atoms with Gasteiger partial charge in [-0.1, -0.05) is 19.1 Å². The third-order valence-electron chi connectivity index (χ3n) is 5.67. The molecule has 5 nitrogen and oxygen atoms in total. The first kappa shape index (κ1) is 17.1. The summed E-state index contributed by atoms with van der Waals surface area (Å²) in [5.41, 5.74) is 2.64. The number of benzene rings is 1. The van der Waals surface area contributed by atoms with Crippen LogP contribution in [0.2, 0.25) is 0 Å². The maximum Gasteiger partial charge on any atom is 0.227 e. The van der Waals surface area contributed by atoms with Crippen LogP contribution >= 0.6 is 0 Å². The number of aryl methyl sites for hydroxylation is 1. The zero-order valence-electron chi connectivity index (χ0n) is 15.9. The molecule has 0 atom stereocenters. The van der Waals surface area contributed by atoms with Crippen LogP contribution in [0.25, 0.3) is 0 Å². The van der Waals surface area contributed by atoms with Crippen LogP contribution in [0.15, 0.2) is 36.5 Å². The Kier molecular flexibility index (Phi) is 4.96. The SMILES string of the molecule is Cc1cccc(N2CCN(c3nccc(N4CCC(C)CC4)n3)CC2)c1. The van der Waals surface area contributed by atoms with Crippen molar-refractivity contribution in [3.63, 3.8) is 0 Å². The molecule has 2 saturated heterocycles. The first-order valence-corrected chi connectivity index (χ1v) is 9.83. The molecule has 0 spiro atoms. The Hall–Kier alpha value is -2.30. The van der Waals surface area contributed by atoms with Crippen molar-refractivity contribution in [2.45, 2.75) is 26.7 Å². The molecule has 2 aliphatic heterocycles. The summed E-state index contributed by atoms with van der Waals surface area (Å²) in [4.78, 5) is 16.6. The second-order valence-corrected chi connectivity index (χ2v) is 7.70. The number of piperazine rings is 1. The minimum atomic E-state index is 0.835. The smallest absolute Gasteiger partial charge is 0.227 e. The highest BCUT2D eigenvalue weighted by Gasteiger charge is 2.21. The van der Waals surface area contributed by atoms with Gasteiger partial charge in [-0.2, -0.15) is 4.98 Å². The summed E-state index contributed by atoms with van der Waals surface area (Å²) < 4.78 is 0. The van der Waals surface area contributed by atoms with Gasteiger partial charge >= 0.3 is 0 Å². The summed E-state index contributed by atoms with van der Waals surface area (Å²) in [6.45, 7) is 10.7. The summed E-state index contributed by atoms with van der Waals surface area (Å²) in [6.07, 6.45) is 4.44. The molecule has 138 valence electrons. The molecule has 1 aromatic heterocycles. The van der Waals surface area contributed by atoms with E-state index in [0.717, 1.165) is 57.0 Å². The zero-order chi connectivity index (χ0) is 17.9. The highest BCUT2D eigenvalue weighted by Crippen LogP contribution is 2.24. The fourth-order valence-electron chi connectivity index (χ4n) is 3.89. The Morgan fingerprint density at radius 1 is 0.885 bits per heavy atom. The normalized spacial score (nSPS) is 19.1. The van der Waals surface area contributed by atoms with Gasteiger partial charge in [-0.25, -0.2) is 4.98 Å². The Morgan fingerprint density at radius 2 is 1.62 bits per heavy atom. The third kappa shape index (κ3) is 3.76. The van der Waals surface area contributed by atoms with Crippen LogP contribution < -0.4 is 14.7 Å². The number of nitrogens with zero attached hydrogens (tertiary/aromatic N) is 5. The lowest BCUT2D eigenvalue weighted by Crippen LogP contribution is -2.47. The van der Waals surface area contributed by atoms with Crippen molar-refractivity contribution in [3.8, 4) is 0 Å². The molecule has 0 radical (unpaired) electrons. The summed E-state index contributed by atoms with van der Waals surface area (Å²) >= 11 is 0. The number of rotatable bonds is 3. The van der Waals surface area contributed by atoms with E-state index >= 15 is 0 Å². The summed E-state index contributed by atoms with van der Waals surface area (Å²) in [5.74, 6) is 2.80. The average Bonchev–Trinajstić information content (AvgIpc) is 2.69. The third-order valence-corrected chi connectivity index (χ3v) is 5.67. The monoisotopic (exact) mass is 351 g/mol. The lowest BCUT2D eigenvalue weighted by atomic mass is 9.99. The van der Waals surface area contributed by atoms with Gasteiger partial charge < -0.3 is 14.7 Å². The molecule has 26 heavy (non-hydrogen) atoms. The zero-order valence-corrected chi connectivity index (χ0v) is 15.9. The van der Waals surface area contributed by atoms with Crippen LogP contribution in [-0.2, 0) is 0 Å². The quantitative estimate of drug-likeness (QED) is 0.847. The number of hydrogen-bond acceptors (Lipinski definition) is 5. The number of aromatic nitrogens is 2. The van der Waals surface area contributed by atoms with Gasteiger partial charge in [-0.3, -0.25) is 0 Å². The minimum Gasteiger partial charge on any atom is -0.368 e. The molecule has 0 unspecified atom stereocenters. The highest BCUT2D eigenvalue weighted by molar-refractivity contribution is 5.51. The van der Waals surface area contributed by atoms with Crippen molar-refractivity contribution < 1.29 is 0 Å². The van der Waals surface area contributed by atoms with E-state index in [-0.39, 0.29) is 0 Å². The van der Waals surface area contributed by atoms with Crippen LogP contribution in [-0.4, -0.2) is 49.2 Å². The summed E-state index contributed by atoms with van der Waals surface area (Å²) in [6, 6.07) is 10.8. The second-order valence-electron chi connectivity index (χ2n) is 7.70. The van der Waals surface area contributed by atoms with E-state index in [1.54, 1.807) is 0 Å². The molecule has 0 aliphatic carbocycles. The first-order valence-electron chi connectivity index (χ1n) is 9.83. The van der Waals surface area contributed by atoms with Gasteiger partial charge in [-0.15, -0.1) is 0 Å². The topological polar surface area (TPSA) is 35.5 Å². The Morgan fingerprint density at radius 3 is 2.35 bits per heavy atom. The molecule has 2 aromatic rings. The molecule has 1 aromatic carbocycles. The average molecular weight is 351 g/mol. The summed E-state index contributed by atoms with van der Waals surface area (Å²) in [7, 11) is 0. The molecule has 2 fully saturated rings. The molecular formula is C21H29N5. The van der Waals surface area contributed by atoms with Crippen molar-refractivity contribution in [1.29, 1.82) is 0 Å². The minimum absolute atomic E-state index is 0.835. The van der Waals surface area contributed by atoms with Gasteiger partial charge in [0.15, 0.2) is 0 Å². The van der Waals surface area contributed by atoms with E-state index in [2.05, 4.69) is 63.9 Å². The molecule has 3 heterocycles. The molecule has 0 amide bonds. The first-order chi connectivity index (χ1) is 12.7. The highest BCUT2D eigenvalue weighted by atomic mass is 15.3. The molecule has 0 saturated carbocycles. The van der Waals surface area contributed by atoms with Crippen LogP contribution in [0.3, 0.4) is 0 Å². The van der Waals surface area contributed by atoms with Crippen LogP contribution in [0.1, 0.15) is 25.3 Å². The van der Waals surface area contributed by atoms with Crippen LogP contribution in [0.4, 0.5) is 17.5 Å². The lowest BCUT2D eigenvalue weighted by molar-refractivity contribution is 0.436. The Balaban J connectivity index is 1.41. The molecule has 0 bridgehead atoms. The fourth-order valence-corrected chi connectivity index (χ4v) is 3.89. The maximum absolute atomic E-state index is 4.88. The van der Waals surface area contributed by atoms with Gasteiger partial charge in [-0.05, 0) is 49.4 Å². The predicted molar refractivity (Wildman–Crippen MR) is 108 cm³/mol. The van der Waals surface area contributed by atoms with E-state index in [9.17, 15) is 0 Å². The molecule has 4 rings (SSSR count). The van der Waals surface area contributed by atoms with Crippen molar-refractivity contribution in [1.82, 2.24) is 9.97 Å². The number of anilines is 3. The van der Waals surface area contributed by atoms with Crippen molar-refractivity contribution in [2.24, 2.45) is 5.92 Å². The maximum atomic E-state index is 4.88. The fraction of sp³-hybridized carbons (Fsp3) is 0.524. The largest absolute Gasteiger partial charge is 0.368 e. The molecule has 5 heteroatoms. The molecule has 2 aliphatic rings.